The fourth-order valence-electron chi connectivity index (χ4n) is 4.11. The number of anilines is 2. The number of aliphatic hydroxyl groups excluding tert-OH is 1. The number of benzene rings is 3. The molecule has 1 heterocycles. The average Bonchev–Trinajstić information content (AvgIpc) is 3.13. The number of nitrogens with zero attached hydrogens (tertiary/aromatic N) is 1. The predicted octanol–water partition coefficient (Wildman–Crippen LogP) is 4.94. The van der Waals surface area contributed by atoms with Crippen LogP contribution in [0.2, 0.25) is 5.02 Å². The summed E-state index contributed by atoms with van der Waals surface area (Å²) >= 11 is 6.25. The molecule has 1 aliphatic heterocycles. The lowest BCUT2D eigenvalue weighted by atomic mass is 9.95. The Morgan fingerprint density at radius 1 is 1.00 bits per heavy atom. The molecule has 8 nitrogen and oxygen atoms in total. The Kier molecular flexibility index (Phi) is 6.98. The van der Waals surface area contributed by atoms with E-state index in [0.29, 0.717) is 28.4 Å². The number of halogens is 1. The fourth-order valence-corrected chi connectivity index (χ4v) is 4.36. The van der Waals surface area contributed by atoms with Gasteiger partial charge in [-0.25, -0.2) is 0 Å². The molecule has 2 N–H and O–H groups in total. The summed E-state index contributed by atoms with van der Waals surface area (Å²) in [5.41, 5.74) is 1.55. The quantitative estimate of drug-likeness (QED) is 0.279. The van der Waals surface area contributed by atoms with Crippen molar-refractivity contribution >= 4 is 46.3 Å². The van der Waals surface area contributed by atoms with Gasteiger partial charge in [0.15, 0.2) is 0 Å². The maximum absolute atomic E-state index is 13.3. The zero-order chi connectivity index (χ0) is 26.0. The molecule has 1 aliphatic rings. The van der Waals surface area contributed by atoms with Gasteiger partial charge in [0.05, 0.1) is 30.9 Å². The molecule has 0 aromatic heterocycles. The number of carbonyl (C=O) groups is 3. The van der Waals surface area contributed by atoms with Crippen LogP contribution in [0.15, 0.2) is 72.3 Å². The molecular formula is C27H23ClN2O6. The second-order valence-electron chi connectivity index (χ2n) is 8.02. The number of amides is 2. The van der Waals surface area contributed by atoms with Crippen LogP contribution in [0.25, 0.3) is 5.76 Å². The van der Waals surface area contributed by atoms with Crippen molar-refractivity contribution in [2.45, 2.75) is 13.0 Å². The van der Waals surface area contributed by atoms with Crippen molar-refractivity contribution < 1.29 is 29.0 Å². The van der Waals surface area contributed by atoms with Crippen LogP contribution in [0, 0.1) is 0 Å². The van der Waals surface area contributed by atoms with Gasteiger partial charge in [-0.1, -0.05) is 29.8 Å². The highest BCUT2D eigenvalue weighted by molar-refractivity contribution is 6.51. The summed E-state index contributed by atoms with van der Waals surface area (Å²) in [6, 6.07) is 17.0. The largest absolute Gasteiger partial charge is 0.507 e. The molecule has 184 valence electrons. The lowest BCUT2D eigenvalue weighted by molar-refractivity contribution is -0.132. The van der Waals surface area contributed by atoms with Gasteiger partial charge in [-0.3, -0.25) is 19.3 Å². The molecule has 1 unspecified atom stereocenters. The monoisotopic (exact) mass is 506 g/mol. The maximum Gasteiger partial charge on any atom is 0.300 e. The van der Waals surface area contributed by atoms with Crippen molar-refractivity contribution in [2.24, 2.45) is 0 Å². The molecule has 0 bridgehead atoms. The molecule has 2 amide bonds. The molecule has 1 saturated heterocycles. The Hall–Kier alpha value is -4.30. The van der Waals surface area contributed by atoms with E-state index in [4.69, 9.17) is 21.1 Å². The van der Waals surface area contributed by atoms with E-state index in [2.05, 4.69) is 5.32 Å². The van der Waals surface area contributed by atoms with Gasteiger partial charge in [-0.05, 0) is 54.1 Å². The number of hydrogen-bond acceptors (Lipinski definition) is 6. The molecule has 36 heavy (non-hydrogen) atoms. The smallest absolute Gasteiger partial charge is 0.300 e. The minimum absolute atomic E-state index is 0.101. The van der Waals surface area contributed by atoms with Crippen molar-refractivity contribution in [2.75, 3.05) is 24.4 Å². The van der Waals surface area contributed by atoms with E-state index in [1.807, 2.05) is 0 Å². The third-order valence-electron chi connectivity index (χ3n) is 5.75. The summed E-state index contributed by atoms with van der Waals surface area (Å²) in [4.78, 5) is 39.5. The van der Waals surface area contributed by atoms with E-state index in [1.54, 1.807) is 60.7 Å². The Morgan fingerprint density at radius 2 is 1.72 bits per heavy atom. The first kappa shape index (κ1) is 24.8. The van der Waals surface area contributed by atoms with E-state index in [1.165, 1.54) is 32.1 Å². The zero-order valence-electron chi connectivity index (χ0n) is 19.7. The van der Waals surface area contributed by atoms with Gasteiger partial charge in [0.1, 0.15) is 17.3 Å². The lowest BCUT2D eigenvalue weighted by Crippen LogP contribution is -2.29. The highest BCUT2D eigenvalue weighted by Gasteiger charge is 2.47. The van der Waals surface area contributed by atoms with Crippen LogP contribution in [-0.2, 0) is 14.4 Å². The number of methoxy groups -OCH3 is 2. The standard InChI is InChI=1S/C27H23ClN2O6/c1-15(31)29-18-5-4-6-19(14-18)30-24(16-7-10-20(35-2)11-8-16)23(26(33)27(30)34)25(32)17-9-12-22(36-3)21(28)13-17/h4-14,24,32H,1-3H3,(H,29,31)/b25-23+. The molecule has 0 aliphatic carbocycles. The Bertz CT molecular complexity index is 1380. The van der Waals surface area contributed by atoms with E-state index < -0.39 is 17.7 Å². The number of ketones is 1. The van der Waals surface area contributed by atoms with Gasteiger partial charge in [-0.2, -0.15) is 0 Å². The third-order valence-corrected chi connectivity index (χ3v) is 6.04. The Morgan fingerprint density at radius 3 is 2.33 bits per heavy atom. The number of aliphatic hydroxyl groups is 1. The summed E-state index contributed by atoms with van der Waals surface area (Å²) in [6.07, 6.45) is 0. The van der Waals surface area contributed by atoms with Crippen LogP contribution in [-0.4, -0.2) is 36.9 Å². The second kappa shape index (κ2) is 10.1. The van der Waals surface area contributed by atoms with E-state index in [0.717, 1.165) is 0 Å². The van der Waals surface area contributed by atoms with Crippen LogP contribution in [0.1, 0.15) is 24.1 Å². The maximum atomic E-state index is 13.3. The highest BCUT2D eigenvalue weighted by Crippen LogP contribution is 2.43. The lowest BCUT2D eigenvalue weighted by Gasteiger charge is -2.26. The van der Waals surface area contributed by atoms with Crippen molar-refractivity contribution in [3.05, 3.63) is 88.5 Å². The van der Waals surface area contributed by atoms with Crippen LogP contribution >= 0.6 is 11.6 Å². The molecule has 4 rings (SSSR count). The summed E-state index contributed by atoms with van der Waals surface area (Å²) < 4.78 is 10.4. The SMILES string of the molecule is COc1ccc(C2/C(=C(\O)c3ccc(OC)c(Cl)c3)C(=O)C(=O)N2c2cccc(NC(C)=O)c2)cc1. The van der Waals surface area contributed by atoms with E-state index >= 15 is 0 Å². The number of rotatable bonds is 6. The van der Waals surface area contributed by atoms with Crippen LogP contribution in [0.3, 0.4) is 0 Å². The van der Waals surface area contributed by atoms with Crippen LogP contribution in [0.4, 0.5) is 11.4 Å². The predicted molar refractivity (Wildman–Crippen MR) is 137 cm³/mol. The van der Waals surface area contributed by atoms with Crippen LogP contribution < -0.4 is 19.7 Å². The number of Topliss-reactive ketones (excluding diaryl/α,β-unsaturated/α-hetero) is 1. The summed E-state index contributed by atoms with van der Waals surface area (Å²) in [5.74, 6) is -1.35. The molecule has 0 spiro atoms. The molecule has 0 saturated carbocycles. The van der Waals surface area contributed by atoms with Crippen molar-refractivity contribution in [1.29, 1.82) is 0 Å². The Labute approximate surface area is 212 Å². The summed E-state index contributed by atoms with van der Waals surface area (Å²) in [6.45, 7) is 1.37. The molecule has 3 aromatic rings. The molecular weight excluding hydrogens is 484 g/mol. The first-order valence-corrected chi connectivity index (χ1v) is 11.3. The van der Waals surface area contributed by atoms with Crippen LogP contribution in [0.5, 0.6) is 11.5 Å². The molecule has 3 aromatic carbocycles. The van der Waals surface area contributed by atoms with Gasteiger partial charge in [0, 0.05) is 23.9 Å². The second-order valence-corrected chi connectivity index (χ2v) is 8.43. The first-order valence-electron chi connectivity index (χ1n) is 10.9. The average molecular weight is 507 g/mol. The fraction of sp³-hybridized carbons (Fsp3) is 0.148. The minimum atomic E-state index is -0.954. The topological polar surface area (TPSA) is 105 Å². The molecule has 1 fully saturated rings. The first-order chi connectivity index (χ1) is 17.2. The molecule has 1 atom stereocenters. The normalized spacial score (nSPS) is 16.7. The molecule has 9 heteroatoms. The number of ether oxygens (including phenoxy) is 2. The van der Waals surface area contributed by atoms with E-state index in [-0.39, 0.29) is 27.8 Å². The summed E-state index contributed by atoms with van der Waals surface area (Å²) in [7, 11) is 2.99. The van der Waals surface area contributed by atoms with Crippen molar-refractivity contribution in [1.82, 2.24) is 0 Å². The Balaban J connectivity index is 1.91. The summed E-state index contributed by atoms with van der Waals surface area (Å²) in [5, 5.41) is 14.2. The van der Waals surface area contributed by atoms with Gasteiger partial charge < -0.3 is 19.9 Å². The van der Waals surface area contributed by atoms with Gasteiger partial charge in [-0.15, -0.1) is 0 Å². The van der Waals surface area contributed by atoms with Gasteiger partial charge in [0.2, 0.25) is 5.91 Å². The van der Waals surface area contributed by atoms with Gasteiger partial charge in [0.25, 0.3) is 11.7 Å². The van der Waals surface area contributed by atoms with E-state index in [9.17, 15) is 19.5 Å². The highest BCUT2D eigenvalue weighted by atomic mass is 35.5. The van der Waals surface area contributed by atoms with Crippen molar-refractivity contribution in [3.63, 3.8) is 0 Å². The number of carbonyl (C=O) groups excluding carboxylic acids is 3. The zero-order valence-corrected chi connectivity index (χ0v) is 20.5. The van der Waals surface area contributed by atoms with Gasteiger partial charge >= 0.3 is 0 Å². The minimum Gasteiger partial charge on any atom is -0.507 e. The third kappa shape index (κ3) is 4.63. The van der Waals surface area contributed by atoms with Crippen molar-refractivity contribution in [3.8, 4) is 11.5 Å². The molecule has 0 radical (unpaired) electrons. The number of hydrogen-bond donors (Lipinski definition) is 2. The number of nitrogens with one attached hydrogen (secondary N) is 1.